The van der Waals surface area contributed by atoms with E-state index in [0.29, 0.717) is 11.3 Å². The number of rotatable bonds is 7. The van der Waals surface area contributed by atoms with Crippen LogP contribution >= 0.6 is 0 Å². The molecule has 0 aliphatic rings. The highest BCUT2D eigenvalue weighted by molar-refractivity contribution is 7.89. The molecule has 0 aliphatic heterocycles. The van der Waals surface area contributed by atoms with Crippen LogP contribution in [-0.2, 0) is 21.2 Å². The predicted molar refractivity (Wildman–Crippen MR) is 95.7 cm³/mol. The van der Waals surface area contributed by atoms with E-state index in [9.17, 15) is 13.2 Å². The van der Waals surface area contributed by atoms with Crippen LogP contribution in [-0.4, -0.2) is 20.9 Å². The van der Waals surface area contributed by atoms with Gasteiger partial charge in [-0.15, -0.1) is 0 Å². The molecule has 25 heavy (non-hydrogen) atoms. The van der Waals surface area contributed by atoms with Crippen molar-refractivity contribution in [2.24, 2.45) is 5.14 Å². The van der Waals surface area contributed by atoms with Gasteiger partial charge in [0.2, 0.25) is 10.0 Å². The van der Waals surface area contributed by atoms with Gasteiger partial charge in [0.25, 0.3) is 5.91 Å². The maximum absolute atomic E-state index is 12.1. The van der Waals surface area contributed by atoms with E-state index in [2.05, 4.69) is 5.32 Å². The molecule has 0 spiro atoms. The monoisotopic (exact) mass is 362 g/mol. The molecule has 0 saturated carbocycles. The number of carbonyl (C=O) groups excluding carboxylic acids is 1. The van der Waals surface area contributed by atoms with Gasteiger partial charge in [0.15, 0.2) is 6.61 Å². The number of nitrogens with one attached hydrogen (secondary N) is 1. The maximum atomic E-state index is 12.1. The lowest BCUT2D eigenvalue weighted by molar-refractivity contribution is -0.123. The number of sulfonamides is 1. The molecule has 0 aromatic heterocycles. The van der Waals surface area contributed by atoms with E-state index >= 15 is 0 Å². The van der Waals surface area contributed by atoms with Gasteiger partial charge in [-0.3, -0.25) is 4.79 Å². The van der Waals surface area contributed by atoms with Crippen LogP contribution in [0, 0.1) is 0 Å². The molecule has 3 N–H and O–H groups in total. The normalized spacial score (nSPS) is 12.4. The number of nitrogens with two attached hydrogens (primary N) is 1. The molecule has 2 aromatic carbocycles. The lowest BCUT2D eigenvalue weighted by Crippen LogP contribution is -2.31. The molecule has 134 valence electrons. The van der Waals surface area contributed by atoms with Gasteiger partial charge in [0.1, 0.15) is 5.75 Å². The van der Waals surface area contributed by atoms with Crippen molar-refractivity contribution in [3.8, 4) is 5.75 Å². The summed E-state index contributed by atoms with van der Waals surface area (Å²) in [6.07, 6.45) is 0.814. The molecular formula is C18H22N2O4S. The fraction of sp³-hybridized carbons (Fsp3) is 0.278. The number of hydrogen-bond donors (Lipinski definition) is 2. The molecule has 0 radical (unpaired) electrons. The number of aryl methyl sites for hydroxylation is 1. The van der Waals surface area contributed by atoms with Gasteiger partial charge < -0.3 is 10.1 Å². The summed E-state index contributed by atoms with van der Waals surface area (Å²) in [5, 5.41) is 7.91. The van der Waals surface area contributed by atoms with E-state index in [4.69, 9.17) is 9.88 Å². The van der Waals surface area contributed by atoms with Crippen molar-refractivity contribution in [1.82, 2.24) is 5.32 Å². The summed E-state index contributed by atoms with van der Waals surface area (Å²) >= 11 is 0. The van der Waals surface area contributed by atoms with Gasteiger partial charge >= 0.3 is 0 Å². The zero-order valence-electron chi connectivity index (χ0n) is 14.2. The fourth-order valence-electron chi connectivity index (χ4n) is 2.41. The first kappa shape index (κ1) is 19.0. The molecule has 1 atom stereocenters. The highest BCUT2D eigenvalue weighted by Gasteiger charge is 2.14. The van der Waals surface area contributed by atoms with Crippen LogP contribution in [0.15, 0.2) is 53.4 Å². The van der Waals surface area contributed by atoms with Crippen LogP contribution in [0.5, 0.6) is 5.75 Å². The van der Waals surface area contributed by atoms with Crippen LogP contribution in [0.3, 0.4) is 0 Å². The zero-order valence-corrected chi connectivity index (χ0v) is 15.0. The minimum atomic E-state index is -3.78. The van der Waals surface area contributed by atoms with Crippen molar-refractivity contribution < 1.29 is 17.9 Å². The first-order chi connectivity index (χ1) is 11.8. The first-order valence-electron chi connectivity index (χ1n) is 7.94. The summed E-state index contributed by atoms with van der Waals surface area (Å²) in [7, 11) is -3.78. The quantitative estimate of drug-likeness (QED) is 0.788. The Hall–Kier alpha value is -2.38. The number of carbonyl (C=O) groups is 1. The number of para-hydroxylation sites is 1. The summed E-state index contributed by atoms with van der Waals surface area (Å²) in [5.41, 5.74) is 1.68. The molecule has 0 fully saturated rings. The van der Waals surface area contributed by atoms with E-state index in [1.54, 1.807) is 19.1 Å². The number of primary sulfonamides is 1. The van der Waals surface area contributed by atoms with E-state index in [1.165, 1.54) is 12.1 Å². The third-order valence-corrected chi connectivity index (χ3v) is 4.69. The molecular weight excluding hydrogens is 340 g/mol. The van der Waals surface area contributed by atoms with Crippen molar-refractivity contribution >= 4 is 15.9 Å². The van der Waals surface area contributed by atoms with Crippen molar-refractivity contribution in [2.45, 2.75) is 31.2 Å². The number of ether oxygens (including phenoxy) is 1. The minimum absolute atomic E-state index is 0.0132. The average Bonchev–Trinajstić information content (AvgIpc) is 2.59. The molecule has 7 heteroatoms. The average molecular weight is 362 g/mol. The minimum Gasteiger partial charge on any atom is -0.483 e. The zero-order chi connectivity index (χ0) is 18.4. The first-order valence-corrected chi connectivity index (χ1v) is 9.48. The van der Waals surface area contributed by atoms with Gasteiger partial charge in [-0.2, -0.15) is 0 Å². The maximum Gasteiger partial charge on any atom is 0.258 e. The van der Waals surface area contributed by atoms with Crippen molar-refractivity contribution in [1.29, 1.82) is 0 Å². The Bertz CT molecular complexity index is 850. The topological polar surface area (TPSA) is 98.5 Å². The van der Waals surface area contributed by atoms with E-state index in [0.717, 1.165) is 12.0 Å². The standard InChI is InChI=1S/C18H22N2O4S/c1-3-14-7-4-5-10-17(14)24-12-18(21)20-13(2)15-8-6-9-16(11-15)25(19,22)23/h4-11,13H,3,12H2,1-2H3,(H,20,21)(H2,19,22,23). The second-order valence-corrected chi connectivity index (χ2v) is 7.22. The molecule has 2 rings (SSSR count). The number of amides is 1. The Balaban J connectivity index is 1.98. The number of hydrogen-bond acceptors (Lipinski definition) is 4. The lowest BCUT2D eigenvalue weighted by atomic mass is 10.1. The Morgan fingerprint density at radius 2 is 1.92 bits per heavy atom. The number of benzene rings is 2. The van der Waals surface area contributed by atoms with Gasteiger partial charge in [-0.05, 0) is 42.7 Å². The Labute approximate surface area is 148 Å². The van der Waals surface area contributed by atoms with Crippen molar-refractivity contribution in [3.05, 3.63) is 59.7 Å². The third-order valence-electron chi connectivity index (χ3n) is 3.78. The summed E-state index contributed by atoms with van der Waals surface area (Å²) in [4.78, 5) is 12.1. The fourth-order valence-corrected chi connectivity index (χ4v) is 2.98. The SMILES string of the molecule is CCc1ccccc1OCC(=O)NC(C)c1cccc(S(N)(=O)=O)c1. The molecule has 1 unspecified atom stereocenters. The van der Waals surface area contributed by atoms with Crippen LogP contribution in [0.25, 0.3) is 0 Å². The van der Waals surface area contributed by atoms with Crippen LogP contribution < -0.4 is 15.2 Å². The van der Waals surface area contributed by atoms with Gasteiger partial charge in [0, 0.05) is 0 Å². The van der Waals surface area contributed by atoms with Gasteiger partial charge in [0.05, 0.1) is 10.9 Å². The second-order valence-electron chi connectivity index (χ2n) is 5.66. The molecule has 2 aromatic rings. The van der Waals surface area contributed by atoms with Crippen molar-refractivity contribution in [3.63, 3.8) is 0 Å². The Morgan fingerprint density at radius 3 is 2.60 bits per heavy atom. The highest BCUT2D eigenvalue weighted by Crippen LogP contribution is 2.19. The summed E-state index contributed by atoms with van der Waals surface area (Å²) in [5.74, 6) is 0.392. The Kier molecular flexibility index (Phi) is 6.17. The third kappa shape index (κ3) is 5.30. The molecule has 0 bridgehead atoms. The summed E-state index contributed by atoms with van der Waals surface area (Å²) in [6, 6.07) is 13.4. The summed E-state index contributed by atoms with van der Waals surface area (Å²) < 4.78 is 28.4. The van der Waals surface area contributed by atoms with E-state index in [-0.39, 0.29) is 23.5 Å². The van der Waals surface area contributed by atoms with Gasteiger partial charge in [-0.25, -0.2) is 13.6 Å². The predicted octanol–water partition coefficient (Wildman–Crippen LogP) is 2.15. The van der Waals surface area contributed by atoms with Crippen LogP contribution in [0.2, 0.25) is 0 Å². The van der Waals surface area contributed by atoms with Crippen LogP contribution in [0.4, 0.5) is 0 Å². The summed E-state index contributed by atoms with van der Waals surface area (Å²) in [6.45, 7) is 3.67. The smallest absolute Gasteiger partial charge is 0.258 e. The van der Waals surface area contributed by atoms with Crippen molar-refractivity contribution in [2.75, 3.05) is 6.61 Å². The highest BCUT2D eigenvalue weighted by atomic mass is 32.2. The largest absolute Gasteiger partial charge is 0.483 e. The molecule has 6 nitrogen and oxygen atoms in total. The van der Waals surface area contributed by atoms with Gasteiger partial charge in [-0.1, -0.05) is 37.3 Å². The molecule has 0 aliphatic carbocycles. The lowest BCUT2D eigenvalue weighted by Gasteiger charge is -2.16. The molecule has 0 heterocycles. The van der Waals surface area contributed by atoms with Crippen LogP contribution in [0.1, 0.15) is 31.0 Å². The molecule has 0 saturated heterocycles. The molecule has 1 amide bonds. The Morgan fingerprint density at radius 1 is 1.20 bits per heavy atom. The second kappa shape index (κ2) is 8.13. The van der Waals surface area contributed by atoms with E-state index < -0.39 is 10.0 Å². The van der Waals surface area contributed by atoms with E-state index in [1.807, 2.05) is 31.2 Å².